The van der Waals surface area contributed by atoms with Crippen LogP contribution in [0.2, 0.25) is 5.02 Å². The van der Waals surface area contributed by atoms with Gasteiger partial charge < -0.3 is 11.1 Å². The third-order valence-electron chi connectivity index (χ3n) is 2.74. The lowest BCUT2D eigenvalue weighted by Gasteiger charge is -2.20. The summed E-state index contributed by atoms with van der Waals surface area (Å²) < 4.78 is 13.8. The molecule has 0 aliphatic carbocycles. The molecular formula is C14H13BrClFN2. The first kappa shape index (κ1) is 14.3. The summed E-state index contributed by atoms with van der Waals surface area (Å²) in [5, 5.41) is 3.94. The van der Waals surface area contributed by atoms with E-state index in [0.717, 1.165) is 11.3 Å². The molecule has 0 heterocycles. The van der Waals surface area contributed by atoms with Gasteiger partial charge in [0.15, 0.2) is 0 Å². The fourth-order valence-electron chi connectivity index (χ4n) is 1.83. The maximum absolute atomic E-state index is 13.1. The lowest BCUT2D eigenvalue weighted by Crippen LogP contribution is -2.21. The second kappa shape index (κ2) is 6.37. The number of benzene rings is 2. The zero-order valence-corrected chi connectivity index (χ0v) is 12.4. The number of nitrogens with one attached hydrogen (secondary N) is 1. The van der Waals surface area contributed by atoms with E-state index in [1.54, 1.807) is 12.1 Å². The summed E-state index contributed by atoms with van der Waals surface area (Å²) in [5.74, 6) is -0.283. The minimum absolute atomic E-state index is 0.117. The lowest BCUT2D eigenvalue weighted by atomic mass is 10.1. The van der Waals surface area contributed by atoms with Crippen molar-refractivity contribution >= 4 is 33.2 Å². The molecule has 0 radical (unpaired) electrons. The van der Waals surface area contributed by atoms with E-state index in [4.69, 9.17) is 17.3 Å². The zero-order valence-electron chi connectivity index (χ0n) is 10.0. The molecule has 0 bridgehead atoms. The van der Waals surface area contributed by atoms with Crippen LogP contribution >= 0.6 is 27.5 Å². The van der Waals surface area contributed by atoms with Crippen molar-refractivity contribution in [2.24, 2.45) is 5.73 Å². The molecular weight excluding hydrogens is 331 g/mol. The predicted octanol–water partition coefficient (Wildman–Crippen LogP) is 4.35. The highest BCUT2D eigenvalue weighted by molar-refractivity contribution is 9.10. The molecule has 5 heteroatoms. The van der Waals surface area contributed by atoms with Gasteiger partial charge >= 0.3 is 0 Å². The van der Waals surface area contributed by atoms with Crippen molar-refractivity contribution in [3.63, 3.8) is 0 Å². The van der Waals surface area contributed by atoms with Gasteiger partial charge in [0.05, 0.1) is 6.04 Å². The molecule has 0 amide bonds. The monoisotopic (exact) mass is 342 g/mol. The lowest BCUT2D eigenvalue weighted by molar-refractivity contribution is 0.624. The van der Waals surface area contributed by atoms with Gasteiger partial charge in [-0.1, -0.05) is 39.7 Å². The summed E-state index contributed by atoms with van der Waals surface area (Å²) in [5.41, 5.74) is 7.57. The molecule has 1 unspecified atom stereocenters. The molecule has 0 aliphatic heterocycles. The quantitative estimate of drug-likeness (QED) is 0.866. The Kier molecular flexibility index (Phi) is 4.80. The second-order valence-electron chi connectivity index (χ2n) is 4.11. The molecule has 0 fully saturated rings. The van der Waals surface area contributed by atoms with Crippen LogP contribution in [0.4, 0.5) is 10.1 Å². The van der Waals surface area contributed by atoms with Crippen molar-refractivity contribution in [2.75, 3.05) is 11.9 Å². The number of hydrogen-bond donors (Lipinski definition) is 2. The Morgan fingerprint density at radius 1 is 1.26 bits per heavy atom. The van der Waals surface area contributed by atoms with Gasteiger partial charge in [0.25, 0.3) is 0 Å². The van der Waals surface area contributed by atoms with Crippen molar-refractivity contribution in [3.8, 4) is 0 Å². The molecule has 100 valence electrons. The van der Waals surface area contributed by atoms with Crippen LogP contribution in [0, 0.1) is 5.82 Å². The van der Waals surface area contributed by atoms with Crippen molar-refractivity contribution in [1.29, 1.82) is 0 Å². The Bertz CT molecular complexity index is 577. The topological polar surface area (TPSA) is 38.0 Å². The van der Waals surface area contributed by atoms with Gasteiger partial charge in [0, 0.05) is 21.7 Å². The Hall–Kier alpha value is -1.10. The molecule has 2 nitrogen and oxygen atoms in total. The molecule has 0 aromatic heterocycles. The van der Waals surface area contributed by atoms with Crippen LogP contribution in [-0.4, -0.2) is 6.54 Å². The highest BCUT2D eigenvalue weighted by Crippen LogP contribution is 2.27. The van der Waals surface area contributed by atoms with E-state index >= 15 is 0 Å². The van der Waals surface area contributed by atoms with Crippen LogP contribution in [0.3, 0.4) is 0 Å². The van der Waals surface area contributed by atoms with Crippen molar-refractivity contribution in [1.82, 2.24) is 0 Å². The largest absolute Gasteiger partial charge is 0.377 e. The first-order valence-electron chi connectivity index (χ1n) is 5.77. The third kappa shape index (κ3) is 3.69. The maximum atomic E-state index is 13.1. The van der Waals surface area contributed by atoms with Crippen LogP contribution in [0.1, 0.15) is 11.6 Å². The first-order valence-corrected chi connectivity index (χ1v) is 6.94. The minimum atomic E-state index is -0.283. The van der Waals surface area contributed by atoms with Gasteiger partial charge in [-0.15, -0.1) is 0 Å². The zero-order chi connectivity index (χ0) is 13.8. The highest BCUT2D eigenvalue weighted by Gasteiger charge is 2.13. The predicted molar refractivity (Wildman–Crippen MR) is 81.0 cm³/mol. The smallest absolute Gasteiger partial charge is 0.124 e. The van der Waals surface area contributed by atoms with Crippen LogP contribution in [0.15, 0.2) is 46.9 Å². The summed E-state index contributed by atoms with van der Waals surface area (Å²) in [4.78, 5) is 0. The molecule has 2 rings (SSSR count). The third-order valence-corrected chi connectivity index (χ3v) is 3.66. The Balaban J connectivity index is 2.25. The van der Waals surface area contributed by atoms with E-state index in [-0.39, 0.29) is 11.9 Å². The standard InChI is InChI=1S/C14H13BrClFN2/c15-13-7-10(17)4-5-12(13)14(8-18)19-11-3-1-2-9(16)6-11/h1-7,14,19H,8,18H2. The number of nitrogens with two attached hydrogens (primary N) is 1. The average Bonchev–Trinajstić information content (AvgIpc) is 2.37. The average molecular weight is 344 g/mol. The van der Waals surface area contributed by atoms with Crippen molar-refractivity contribution < 1.29 is 4.39 Å². The van der Waals surface area contributed by atoms with E-state index < -0.39 is 0 Å². The Morgan fingerprint density at radius 3 is 2.68 bits per heavy atom. The van der Waals surface area contributed by atoms with E-state index in [9.17, 15) is 4.39 Å². The summed E-state index contributed by atoms with van der Waals surface area (Å²) in [6.07, 6.45) is 0. The summed E-state index contributed by atoms with van der Waals surface area (Å²) in [6.45, 7) is 0.386. The number of rotatable bonds is 4. The molecule has 0 spiro atoms. The molecule has 2 aromatic rings. The van der Waals surface area contributed by atoms with Gasteiger partial charge in [-0.05, 0) is 35.9 Å². The van der Waals surface area contributed by atoms with Gasteiger partial charge in [-0.25, -0.2) is 4.39 Å². The van der Waals surface area contributed by atoms with Gasteiger partial charge in [-0.2, -0.15) is 0 Å². The van der Waals surface area contributed by atoms with Gasteiger partial charge in [0.2, 0.25) is 0 Å². The van der Waals surface area contributed by atoms with E-state index in [1.165, 1.54) is 12.1 Å². The van der Waals surface area contributed by atoms with Gasteiger partial charge in [0.1, 0.15) is 5.82 Å². The number of halogens is 3. The van der Waals surface area contributed by atoms with Crippen molar-refractivity contribution in [3.05, 3.63) is 63.3 Å². The molecule has 0 saturated heterocycles. The molecule has 0 saturated carbocycles. The van der Waals surface area contributed by atoms with Crippen LogP contribution in [-0.2, 0) is 0 Å². The molecule has 19 heavy (non-hydrogen) atoms. The van der Waals surface area contributed by atoms with Crippen LogP contribution in [0.25, 0.3) is 0 Å². The highest BCUT2D eigenvalue weighted by atomic mass is 79.9. The van der Waals surface area contributed by atoms with E-state index in [2.05, 4.69) is 21.2 Å². The van der Waals surface area contributed by atoms with Crippen LogP contribution < -0.4 is 11.1 Å². The molecule has 2 aromatic carbocycles. The van der Waals surface area contributed by atoms with Gasteiger partial charge in [-0.3, -0.25) is 0 Å². The SMILES string of the molecule is NCC(Nc1cccc(Cl)c1)c1ccc(F)cc1Br. The van der Waals surface area contributed by atoms with Crippen LogP contribution in [0.5, 0.6) is 0 Å². The van der Waals surface area contributed by atoms with E-state index in [0.29, 0.717) is 16.0 Å². The molecule has 3 N–H and O–H groups in total. The summed E-state index contributed by atoms with van der Waals surface area (Å²) in [6, 6.07) is 11.8. The van der Waals surface area contributed by atoms with E-state index in [1.807, 2.05) is 18.2 Å². The first-order chi connectivity index (χ1) is 9.10. The Morgan fingerprint density at radius 2 is 2.05 bits per heavy atom. The number of anilines is 1. The summed E-state index contributed by atoms with van der Waals surface area (Å²) in [7, 11) is 0. The second-order valence-corrected chi connectivity index (χ2v) is 5.40. The number of hydrogen-bond acceptors (Lipinski definition) is 2. The van der Waals surface area contributed by atoms with Crippen molar-refractivity contribution in [2.45, 2.75) is 6.04 Å². The molecule has 0 aliphatic rings. The maximum Gasteiger partial charge on any atom is 0.124 e. The summed E-state index contributed by atoms with van der Waals surface area (Å²) >= 11 is 9.29. The fourth-order valence-corrected chi connectivity index (χ4v) is 2.64. The minimum Gasteiger partial charge on any atom is -0.377 e. The fraction of sp³-hybridized carbons (Fsp3) is 0.143. The normalized spacial score (nSPS) is 12.2. The molecule has 1 atom stereocenters. The Labute approximate surface area is 124 Å².